The number of nitrogens with zero attached hydrogens (tertiary/aromatic N) is 5. The molecule has 0 bridgehead atoms. The molecule has 0 unspecified atom stereocenters. The Kier molecular flexibility index (Phi) is 9.56. The van der Waals surface area contributed by atoms with Crippen LogP contribution in [0, 0.1) is 19.7 Å². The lowest BCUT2D eigenvalue weighted by molar-refractivity contribution is -0.137. The van der Waals surface area contributed by atoms with Gasteiger partial charge in [0, 0.05) is 43.5 Å². The Morgan fingerprint density at radius 2 is 1.82 bits per heavy atom. The van der Waals surface area contributed by atoms with Crippen molar-refractivity contribution in [3.05, 3.63) is 80.6 Å². The molecule has 1 aliphatic rings. The van der Waals surface area contributed by atoms with E-state index in [0.717, 1.165) is 36.0 Å². The second kappa shape index (κ2) is 13.0. The van der Waals surface area contributed by atoms with E-state index in [4.69, 9.17) is 17.3 Å². The second-order valence-electron chi connectivity index (χ2n) is 12.7. The SMILES string of the molecule is C=CC(=O)N1CCN(c2c(S(C)(=O)=O)c(=O)n(-c3c(C)ccnc3C(C)C)c3c(F)c(-c4nc(N)cc(C)c4C(F)(F)F)c(Cl)cc23)C[C@H]1C. The Balaban J connectivity index is 2.05. The number of aromatic nitrogens is 3. The maximum absolute atomic E-state index is 17.6. The number of carbonyl (C=O) groups excluding carboxylic acids is 1. The normalized spacial score (nSPS) is 15.6. The predicted octanol–water partition coefficient (Wildman–Crippen LogP) is 6.21. The van der Waals surface area contributed by atoms with Crippen LogP contribution in [0.5, 0.6) is 0 Å². The van der Waals surface area contributed by atoms with Gasteiger partial charge in [-0.25, -0.2) is 17.8 Å². The first kappa shape index (κ1) is 36.8. The molecular weight excluding hydrogens is 700 g/mol. The number of piperazine rings is 1. The van der Waals surface area contributed by atoms with Crippen molar-refractivity contribution in [3.8, 4) is 16.9 Å². The van der Waals surface area contributed by atoms with Crippen molar-refractivity contribution in [2.45, 2.75) is 57.7 Å². The minimum absolute atomic E-state index is 0.0129. The molecule has 50 heavy (non-hydrogen) atoms. The molecule has 4 heterocycles. The van der Waals surface area contributed by atoms with Crippen LogP contribution < -0.4 is 16.2 Å². The van der Waals surface area contributed by atoms with Gasteiger partial charge in [0.25, 0.3) is 5.56 Å². The Labute approximate surface area is 291 Å². The molecule has 1 fully saturated rings. The Hall–Kier alpha value is -4.50. The van der Waals surface area contributed by atoms with E-state index in [1.807, 2.05) is 0 Å². The van der Waals surface area contributed by atoms with Crippen LogP contribution in [0.1, 0.15) is 49.1 Å². The Morgan fingerprint density at radius 3 is 2.38 bits per heavy atom. The van der Waals surface area contributed by atoms with Crippen LogP contribution >= 0.6 is 11.6 Å². The first-order valence-corrected chi connectivity index (χ1v) is 17.8. The number of fused-ring (bicyclic) bond motifs is 1. The van der Waals surface area contributed by atoms with Crippen molar-refractivity contribution in [1.82, 2.24) is 19.4 Å². The van der Waals surface area contributed by atoms with Gasteiger partial charge in [-0.05, 0) is 62.1 Å². The lowest BCUT2D eigenvalue weighted by Gasteiger charge is -2.41. The standard InChI is InChI=1S/C34H35ClF4N6O4S/c1-8-23(46)44-12-11-43(15-19(44)6)31-20-14-21(35)24(28-25(34(37,38)39)18(5)13-22(40)42-28)26(36)30(20)45(33(47)32(31)50(7,48)49)29-17(4)9-10-41-27(29)16(2)3/h8-10,13-14,16,19H,1,11-12,15H2,2-7H3,(H2,40,42)/t19-/m1/s1. The van der Waals surface area contributed by atoms with Gasteiger partial charge in [0.2, 0.25) is 5.91 Å². The fourth-order valence-corrected chi connectivity index (χ4v) is 7.92. The summed E-state index contributed by atoms with van der Waals surface area (Å²) in [5.74, 6) is -2.43. The molecule has 16 heteroatoms. The summed E-state index contributed by atoms with van der Waals surface area (Å²) < 4.78 is 89.3. The maximum atomic E-state index is 17.6. The number of anilines is 2. The third kappa shape index (κ3) is 6.21. The number of benzene rings is 1. The van der Waals surface area contributed by atoms with Crippen LogP contribution in [0.15, 0.2) is 46.7 Å². The monoisotopic (exact) mass is 734 g/mol. The zero-order valence-electron chi connectivity index (χ0n) is 28.1. The van der Waals surface area contributed by atoms with E-state index >= 15 is 4.39 Å². The highest BCUT2D eigenvalue weighted by Gasteiger charge is 2.40. The van der Waals surface area contributed by atoms with E-state index in [9.17, 15) is 31.2 Å². The topological polar surface area (TPSA) is 131 Å². The average molecular weight is 735 g/mol. The fraction of sp³-hybridized carbons (Fsp3) is 0.353. The number of pyridine rings is 3. The summed E-state index contributed by atoms with van der Waals surface area (Å²) in [7, 11) is -4.39. The fourth-order valence-electron chi connectivity index (χ4n) is 6.64. The van der Waals surface area contributed by atoms with E-state index in [2.05, 4.69) is 16.5 Å². The zero-order valence-corrected chi connectivity index (χ0v) is 29.7. The summed E-state index contributed by atoms with van der Waals surface area (Å²) in [5, 5.41) is -0.705. The molecule has 3 aromatic heterocycles. The number of halogens is 5. The lowest BCUT2D eigenvalue weighted by Crippen LogP contribution is -2.54. The summed E-state index contributed by atoms with van der Waals surface area (Å²) >= 11 is 6.69. The number of alkyl halides is 3. The number of nitrogen functional groups attached to an aromatic ring is 1. The van der Waals surface area contributed by atoms with Gasteiger partial charge >= 0.3 is 6.18 Å². The number of hydrogen-bond acceptors (Lipinski definition) is 8. The van der Waals surface area contributed by atoms with E-state index in [0.29, 0.717) is 11.3 Å². The van der Waals surface area contributed by atoms with Crippen LogP contribution in [0.4, 0.5) is 29.1 Å². The largest absolute Gasteiger partial charge is 0.418 e. The van der Waals surface area contributed by atoms with Crippen molar-refractivity contribution < 1.29 is 30.8 Å². The van der Waals surface area contributed by atoms with Gasteiger partial charge < -0.3 is 15.5 Å². The summed E-state index contributed by atoms with van der Waals surface area (Å²) in [5.41, 5.74) is 1.45. The van der Waals surface area contributed by atoms with E-state index in [-0.39, 0.29) is 59.6 Å². The first-order valence-electron chi connectivity index (χ1n) is 15.5. The van der Waals surface area contributed by atoms with Gasteiger partial charge in [0.15, 0.2) is 20.5 Å². The number of hydrogen-bond donors (Lipinski definition) is 1. The quantitative estimate of drug-likeness (QED) is 0.183. The molecule has 1 saturated heterocycles. The van der Waals surface area contributed by atoms with Crippen LogP contribution in [0.25, 0.3) is 27.8 Å². The van der Waals surface area contributed by atoms with Crippen molar-refractivity contribution >= 4 is 49.8 Å². The predicted molar refractivity (Wildman–Crippen MR) is 185 cm³/mol. The third-order valence-electron chi connectivity index (χ3n) is 8.74. The van der Waals surface area contributed by atoms with Gasteiger partial charge in [-0.2, -0.15) is 13.2 Å². The third-order valence-corrected chi connectivity index (χ3v) is 10.1. The van der Waals surface area contributed by atoms with Crippen LogP contribution in [-0.4, -0.2) is 65.7 Å². The Morgan fingerprint density at radius 1 is 1.16 bits per heavy atom. The molecule has 1 atom stereocenters. The molecule has 0 saturated carbocycles. The maximum Gasteiger partial charge on any atom is 0.418 e. The molecule has 1 aromatic carbocycles. The number of nitrogens with two attached hydrogens (primary N) is 1. The lowest BCUT2D eigenvalue weighted by atomic mass is 9.97. The molecule has 0 aliphatic carbocycles. The number of rotatable bonds is 6. The van der Waals surface area contributed by atoms with Crippen LogP contribution in [-0.2, 0) is 20.8 Å². The van der Waals surface area contributed by atoms with Gasteiger partial charge in [0.1, 0.15) is 5.82 Å². The van der Waals surface area contributed by atoms with Gasteiger partial charge in [-0.1, -0.05) is 32.0 Å². The van der Waals surface area contributed by atoms with Crippen molar-refractivity contribution in [1.29, 1.82) is 0 Å². The van der Waals surface area contributed by atoms with Crippen molar-refractivity contribution in [3.63, 3.8) is 0 Å². The highest BCUT2D eigenvalue weighted by molar-refractivity contribution is 7.90. The molecule has 266 valence electrons. The second-order valence-corrected chi connectivity index (χ2v) is 15.0. The van der Waals surface area contributed by atoms with E-state index in [1.54, 1.807) is 38.7 Å². The molecule has 1 amide bonds. The van der Waals surface area contributed by atoms with Crippen molar-refractivity contribution in [2.75, 3.05) is 36.5 Å². The highest BCUT2D eigenvalue weighted by atomic mass is 35.5. The molecule has 10 nitrogen and oxygen atoms in total. The highest BCUT2D eigenvalue weighted by Crippen LogP contribution is 2.46. The number of sulfone groups is 1. The molecule has 0 radical (unpaired) electrons. The molecule has 0 spiro atoms. The van der Waals surface area contributed by atoms with E-state index in [1.165, 1.54) is 11.1 Å². The van der Waals surface area contributed by atoms with Crippen LogP contribution in [0.3, 0.4) is 0 Å². The molecule has 4 aromatic rings. The molecule has 5 rings (SSSR count). The zero-order chi connectivity index (χ0) is 37.2. The van der Waals surface area contributed by atoms with Crippen molar-refractivity contribution in [2.24, 2.45) is 0 Å². The Bertz CT molecular complexity index is 2260. The summed E-state index contributed by atoms with van der Waals surface area (Å²) in [6.07, 6.45) is -1.55. The summed E-state index contributed by atoms with van der Waals surface area (Å²) in [4.78, 5) is 38.0. The summed E-state index contributed by atoms with van der Waals surface area (Å²) in [6.45, 7) is 11.7. The minimum atomic E-state index is -5.01. The minimum Gasteiger partial charge on any atom is -0.384 e. The van der Waals surface area contributed by atoms with E-state index < -0.39 is 65.7 Å². The molecule has 2 N–H and O–H groups in total. The van der Waals surface area contributed by atoms with Gasteiger partial charge in [-0.3, -0.25) is 19.1 Å². The van der Waals surface area contributed by atoms with Gasteiger partial charge in [-0.15, -0.1) is 0 Å². The smallest absolute Gasteiger partial charge is 0.384 e. The summed E-state index contributed by atoms with van der Waals surface area (Å²) in [6, 6.07) is 3.17. The molecular formula is C34H35ClF4N6O4S. The number of carbonyl (C=O) groups is 1. The number of aryl methyl sites for hydroxylation is 2. The van der Waals surface area contributed by atoms with Crippen LogP contribution in [0.2, 0.25) is 5.02 Å². The first-order chi connectivity index (χ1) is 23.2. The average Bonchev–Trinajstić information content (AvgIpc) is 2.99. The van der Waals surface area contributed by atoms with Gasteiger partial charge in [0.05, 0.1) is 44.4 Å². The number of amides is 1. The molecule has 1 aliphatic heterocycles.